The molecule has 0 aliphatic carbocycles. The summed E-state index contributed by atoms with van der Waals surface area (Å²) in [7, 11) is 1.50. The lowest BCUT2D eigenvalue weighted by Crippen LogP contribution is -1.93. The average Bonchev–Trinajstić information content (AvgIpc) is 3.38. The minimum absolute atomic E-state index is 0.178. The Morgan fingerprint density at radius 2 is 2.07 bits per heavy atom. The number of hydrogen-bond acceptors (Lipinski definition) is 7. The number of phenols is 1. The van der Waals surface area contributed by atoms with Crippen molar-refractivity contribution in [2.24, 2.45) is 5.73 Å². The van der Waals surface area contributed by atoms with Crippen LogP contribution in [0, 0.1) is 13.8 Å². The summed E-state index contributed by atoms with van der Waals surface area (Å²) in [5, 5.41) is 14.6. The molecule has 9 heteroatoms. The Bertz CT molecular complexity index is 1340. The van der Waals surface area contributed by atoms with Crippen molar-refractivity contribution in [3.05, 3.63) is 41.4 Å². The summed E-state index contributed by atoms with van der Waals surface area (Å²) in [6, 6.07) is 3.40. The quantitative estimate of drug-likeness (QED) is 0.402. The standard InChI is InChI=1S/C18H13N5O3.CH5N/c1-8-14(25)4-3-13-15(8)23-17-10(11(6-24)18(23)20-13)5-19-16(21-17)12-7-26-22-9(12)2;1-2/h3-7,20,25H,1-2H3;2H2,1H3. The molecule has 0 saturated carbocycles. The van der Waals surface area contributed by atoms with Crippen molar-refractivity contribution in [1.82, 2.24) is 24.5 Å². The number of carbonyl (C=O) groups is 1. The zero-order chi connectivity index (χ0) is 20.0. The Kier molecular flexibility index (Phi) is 4.08. The van der Waals surface area contributed by atoms with Crippen molar-refractivity contribution >= 4 is 34.0 Å². The van der Waals surface area contributed by atoms with Gasteiger partial charge in [0.2, 0.25) is 0 Å². The lowest BCUT2D eigenvalue weighted by Gasteiger charge is -2.03. The van der Waals surface area contributed by atoms with E-state index in [1.165, 1.54) is 13.3 Å². The fourth-order valence-corrected chi connectivity index (χ4v) is 3.39. The molecule has 0 radical (unpaired) electrons. The molecule has 4 N–H and O–H groups in total. The molecule has 0 amide bonds. The van der Waals surface area contributed by atoms with Gasteiger partial charge in [0.05, 0.1) is 33.2 Å². The lowest BCUT2D eigenvalue weighted by molar-refractivity contribution is 0.112. The summed E-state index contributed by atoms with van der Waals surface area (Å²) in [4.78, 5) is 24.0. The molecular formula is C19H18N6O3. The van der Waals surface area contributed by atoms with Crippen molar-refractivity contribution in [1.29, 1.82) is 0 Å². The molecule has 0 spiro atoms. The second-order valence-electron chi connectivity index (χ2n) is 6.19. The summed E-state index contributed by atoms with van der Waals surface area (Å²) in [5.74, 6) is 0.636. The van der Waals surface area contributed by atoms with E-state index in [0.29, 0.717) is 44.9 Å². The molecule has 0 saturated heterocycles. The van der Waals surface area contributed by atoms with Gasteiger partial charge in [-0.25, -0.2) is 9.97 Å². The maximum absolute atomic E-state index is 11.7. The van der Waals surface area contributed by atoms with Crippen LogP contribution >= 0.6 is 0 Å². The van der Waals surface area contributed by atoms with Crippen LogP contribution in [0.3, 0.4) is 0 Å². The van der Waals surface area contributed by atoms with Gasteiger partial charge in [0, 0.05) is 11.8 Å². The van der Waals surface area contributed by atoms with Gasteiger partial charge in [-0.15, -0.1) is 0 Å². The average molecular weight is 378 g/mol. The monoisotopic (exact) mass is 378 g/mol. The molecule has 142 valence electrons. The van der Waals surface area contributed by atoms with E-state index in [9.17, 15) is 9.90 Å². The topological polar surface area (TPSA) is 135 Å². The molecule has 4 aromatic heterocycles. The van der Waals surface area contributed by atoms with Crippen LogP contribution in [0.5, 0.6) is 5.75 Å². The van der Waals surface area contributed by atoms with Gasteiger partial charge in [0.15, 0.2) is 17.8 Å². The molecule has 0 bridgehead atoms. The van der Waals surface area contributed by atoms with E-state index >= 15 is 0 Å². The minimum atomic E-state index is 0.178. The summed E-state index contributed by atoms with van der Waals surface area (Å²) in [5.41, 5.74) is 9.81. The van der Waals surface area contributed by atoms with Crippen LogP contribution in [0.4, 0.5) is 0 Å². The van der Waals surface area contributed by atoms with Crippen LogP contribution in [0.25, 0.3) is 39.1 Å². The smallest absolute Gasteiger partial charge is 0.166 e. The van der Waals surface area contributed by atoms with Crippen LogP contribution < -0.4 is 5.73 Å². The third kappa shape index (κ3) is 2.30. The number of rotatable bonds is 2. The molecule has 4 heterocycles. The Morgan fingerprint density at radius 1 is 1.29 bits per heavy atom. The van der Waals surface area contributed by atoms with E-state index in [4.69, 9.17) is 4.52 Å². The largest absolute Gasteiger partial charge is 0.508 e. The number of nitrogens with zero attached hydrogens (tertiary/aromatic N) is 4. The number of hydrogen-bond donors (Lipinski definition) is 3. The summed E-state index contributed by atoms with van der Waals surface area (Å²) < 4.78 is 6.83. The van der Waals surface area contributed by atoms with Gasteiger partial charge in [0.25, 0.3) is 0 Å². The van der Waals surface area contributed by atoms with Crippen LogP contribution in [-0.4, -0.2) is 42.9 Å². The number of aromatic nitrogens is 5. The highest BCUT2D eigenvalue weighted by Gasteiger charge is 2.21. The van der Waals surface area contributed by atoms with Crippen molar-refractivity contribution < 1.29 is 14.4 Å². The molecule has 1 aromatic carbocycles. The third-order valence-electron chi connectivity index (χ3n) is 4.74. The summed E-state index contributed by atoms with van der Waals surface area (Å²) in [6.45, 7) is 3.63. The number of aryl methyl sites for hydroxylation is 2. The van der Waals surface area contributed by atoms with Gasteiger partial charge in [-0.3, -0.25) is 9.20 Å². The first-order chi connectivity index (χ1) is 13.6. The number of carbonyl (C=O) groups excluding carboxylic acids is 1. The number of phenolic OH excluding ortho intramolecular Hbond substituents is 1. The van der Waals surface area contributed by atoms with Crippen molar-refractivity contribution in [2.75, 3.05) is 7.05 Å². The number of imidazole rings is 1. The number of aldehydes is 1. The second kappa shape index (κ2) is 6.46. The van der Waals surface area contributed by atoms with E-state index in [-0.39, 0.29) is 5.75 Å². The van der Waals surface area contributed by atoms with Gasteiger partial charge >= 0.3 is 0 Å². The number of nitrogens with one attached hydrogen (secondary N) is 1. The fourth-order valence-electron chi connectivity index (χ4n) is 3.39. The zero-order valence-corrected chi connectivity index (χ0v) is 15.5. The van der Waals surface area contributed by atoms with Gasteiger partial charge in [0.1, 0.15) is 17.7 Å². The van der Waals surface area contributed by atoms with Crippen LogP contribution in [0.1, 0.15) is 21.6 Å². The molecular weight excluding hydrogens is 360 g/mol. The van der Waals surface area contributed by atoms with Gasteiger partial charge < -0.3 is 20.3 Å². The third-order valence-corrected chi connectivity index (χ3v) is 4.74. The van der Waals surface area contributed by atoms with Crippen molar-refractivity contribution in [2.45, 2.75) is 13.8 Å². The molecule has 0 atom stereocenters. The number of H-pyrrole nitrogens is 1. The molecule has 0 aliphatic rings. The second-order valence-corrected chi connectivity index (χ2v) is 6.19. The number of benzene rings is 1. The number of nitrogens with two attached hydrogens (primary N) is 1. The molecule has 0 fully saturated rings. The number of aromatic hydroxyl groups is 1. The van der Waals surface area contributed by atoms with E-state index in [0.717, 1.165) is 17.3 Å². The highest BCUT2D eigenvalue weighted by Crippen LogP contribution is 2.33. The highest BCUT2D eigenvalue weighted by molar-refractivity contribution is 6.07. The van der Waals surface area contributed by atoms with Gasteiger partial charge in [-0.1, -0.05) is 5.16 Å². The van der Waals surface area contributed by atoms with Gasteiger partial charge in [-0.05, 0) is 33.0 Å². The maximum atomic E-state index is 11.7. The Morgan fingerprint density at radius 3 is 2.75 bits per heavy atom. The molecule has 5 aromatic rings. The van der Waals surface area contributed by atoms with E-state index in [1.807, 2.05) is 18.2 Å². The predicted octanol–water partition coefficient (Wildman–Crippen LogP) is 2.73. The lowest BCUT2D eigenvalue weighted by atomic mass is 10.2. The first-order valence-corrected chi connectivity index (χ1v) is 8.56. The van der Waals surface area contributed by atoms with E-state index in [2.05, 4.69) is 25.8 Å². The Labute approximate surface area is 158 Å². The molecule has 0 aliphatic heterocycles. The van der Waals surface area contributed by atoms with Crippen LogP contribution in [-0.2, 0) is 0 Å². The predicted molar refractivity (Wildman–Crippen MR) is 104 cm³/mol. The van der Waals surface area contributed by atoms with Crippen molar-refractivity contribution in [3.8, 4) is 17.1 Å². The molecule has 28 heavy (non-hydrogen) atoms. The van der Waals surface area contributed by atoms with Crippen molar-refractivity contribution in [3.63, 3.8) is 0 Å². The maximum Gasteiger partial charge on any atom is 0.166 e. The molecule has 0 unspecified atom stereocenters. The van der Waals surface area contributed by atoms with Crippen LogP contribution in [0.15, 0.2) is 29.1 Å². The summed E-state index contributed by atoms with van der Waals surface area (Å²) in [6.07, 6.45) is 3.91. The fraction of sp³-hybridized carbons (Fsp3) is 0.158. The van der Waals surface area contributed by atoms with Crippen LogP contribution in [0.2, 0.25) is 0 Å². The number of aromatic amines is 1. The number of fused-ring (bicyclic) bond motifs is 5. The normalized spacial score (nSPS) is 11.1. The Hall–Kier alpha value is -3.72. The highest BCUT2D eigenvalue weighted by atomic mass is 16.5. The Balaban J connectivity index is 0.000000932. The first-order valence-electron chi connectivity index (χ1n) is 8.56. The molecule has 9 nitrogen and oxygen atoms in total. The van der Waals surface area contributed by atoms with E-state index < -0.39 is 0 Å². The zero-order valence-electron chi connectivity index (χ0n) is 15.5. The SMILES string of the molecule is CN.Cc1nocc1-c1ncc2c(C=O)c3[nH]c4ccc(O)c(C)c4n3c2n1. The first kappa shape index (κ1) is 17.7. The molecule has 5 rings (SSSR count). The summed E-state index contributed by atoms with van der Waals surface area (Å²) >= 11 is 0. The minimum Gasteiger partial charge on any atom is -0.508 e. The van der Waals surface area contributed by atoms with Gasteiger partial charge in [-0.2, -0.15) is 0 Å². The van der Waals surface area contributed by atoms with E-state index in [1.54, 1.807) is 18.3 Å².